The normalized spacial score (nSPS) is 32.2. The van der Waals surface area contributed by atoms with Crippen molar-refractivity contribution in [3.63, 3.8) is 0 Å². The van der Waals surface area contributed by atoms with Crippen LogP contribution in [0.15, 0.2) is 42.2 Å². The summed E-state index contributed by atoms with van der Waals surface area (Å²) in [5.41, 5.74) is 0.287. The van der Waals surface area contributed by atoms with Gasteiger partial charge in [-0.1, -0.05) is 43.3 Å². The van der Waals surface area contributed by atoms with Crippen LogP contribution < -0.4 is 5.30 Å². The highest BCUT2D eigenvalue weighted by Gasteiger charge is 2.31. The van der Waals surface area contributed by atoms with Crippen LogP contribution in [0.1, 0.15) is 13.3 Å². The molecule has 2 rings (SSSR count). The van der Waals surface area contributed by atoms with E-state index in [1.807, 2.05) is 42.2 Å². The molecule has 0 fully saturated rings. The number of hydrogen-bond acceptors (Lipinski definition) is 1. The molecule has 0 N–H and O–H groups in total. The zero-order valence-corrected chi connectivity index (χ0v) is 8.58. The van der Waals surface area contributed by atoms with Gasteiger partial charge in [-0.3, -0.25) is 0 Å². The SMILES string of the molecule is CC1CC=CP1(=O)c1ccccc1. The zero-order chi connectivity index (χ0) is 9.31. The Bertz CT molecular complexity index is 367. The Morgan fingerprint density at radius 3 is 2.54 bits per heavy atom. The lowest BCUT2D eigenvalue weighted by molar-refractivity contribution is 0.581. The summed E-state index contributed by atoms with van der Waals surface area (Å²) in [6.45, 7) is 2.06. The van der Waals surface area contributed by atoms with Gasteiger partial charge in [-0.25, -0.2) is 0 Å². The van der Waals surface area contributed by atoms with Gasteiger partial charge in [0.15, 0.2) is 0 Å². The van der Waals surface area contributed by atoms with Crippen LogP contribution in [-0.4, -0.2) is 5.66 Å². The van der Waals surface area contributed by atoms with Gasteiger partial charge in [0.1, 0.15) is 7.14 Å². The van der Waals surface area contributed by atoms with Crippen LogP contribution in [0.3, 0.4) is 0 Å². The van der Waals surface area contributed by atoms with E-state index < -0.39 is 7.14 Å². The summed E-state index contributed by atoms with van der Waals surface area (Å²) in [6.07, 6.45) is 2.99. The zero-order valence-electron chi connectivity index (χ0n) is 7.68. The van der Waals surface area contributed by atoms with Crippen molar-refractivity contribution in [1.29, 1.82) is 0 Å². The average Bonchev–Trinajstić information content (AvgIpc) is 2.50. The first-order chi connectivity index (χ1) is 6.23. The first-order valence-corrected chi connectivity index (χ1v) is 6.41. The van der Waals surface area contributed by atoms with E-state index in [0.717, 1.165) is 11.7 Å². The van der Waals surface area contributed by atoms with Gasteiger partial charge in [-0.05, 0) is 12.2 Å². The molecule has 1 aromatic carbocycles. The van der Waals surface area contributed by atoms with E-state index in [1.165, 1.54) is 0 Å². The van der Waals surface area contributed by atoms with Crippen LogP contribution in [-0.2, 0) is 4.57 Å². The largest absolute Gasteiger partial charge is 0.314 e. The topological polar surface area (TPSA) is 17.1 Å². The highest BCUT2D eigenvalue weighted by Crippen LogP contribution is 2.56. The average molecular weight is 192 g/mol. The van der Waals surface area contributed by atoms with Gasteiger partial charge in [0, 0.05) is 11.0 Å². The van der Waals surface area contributed by atoms with Crippen LogP contribution in [0.25, 0.3) is 0 Å². The highest BCUT2D eigenvalue weighted by atomic mass is 31.2. The first kappa shape index (κ1) is 8.77. The van der Waals surface area contributed by atoms with E-state index in [1.54, 1.807) is 0 Å². The molecule has 2 heteroatoms. The minimum absolute atomic E-state index is 0.287. The molecule has 1 aliphatic rings. The predicted octanol–water partition coefficient (Wildman–Crippen LogP) is 2.98. The van der Waals surface area contributed by atoms with Crippen LogP contribution in [0.2, 0.25) is 0 Å². The first-order valence-electron chi connectivity index (χ1n) is 4.56. The van der Waals surface area contributed by atoms with E-state index in [-0.39, 0.29) is 5.66 Å². The molecular weight excluding hydrogens is 179 g/mol. The molecule has 1 aromatic rings. The van der Waals surface area contributed by atoms with Gasteiger partial charge in [0.05, 0.1) is 0 Å². The summed E-state index contributed by atoms with van der Waals surface area (Å²) in [4.78, 5) is 0. The standard InChI is InChI=1S/C11H13OP/c1-10-6-5-9-13(10,12)11-7-3-2-4-8-11/h2-5,7-10H,6H2,1H3. The molecule has 2 atom stereocenters. The van der Waals surface area contributed by atoms with Crippen molar-refractivity contribution in [2.24, 2.45) is 0 Å². The molecule has 0 radical (unpaired) electrons. The molecule has 0 amide bonds. The van der Waals surface area contributed by atoms with Crippen LogP contribution in [0.5, 0.6) is 0 Å². The molecule has 1 aliphatic heterocycles. The van der Waals surface area contributed by atoms with Crippen molar-refractivity contribution in [2.75, 3.05) is 0 Å². The summed E-state index contributed by atoms with van der Waals surface area (Å²) in [7, 11) is -2.19. The molecular formula is C11H13OP. The number of benzene rings is 1. The third-order valence-corrected chi connectivity index (χ3v) is 5.90. The molecule has 0 aliphatic carbocycles. The summed E-state index contributed by atoms with van der Waals surface area (Å²) in [6, 6.07) is 9.79. The molecule has 0 saturated carbocycles. The van der Waals surface area contributed by atoms with Crippen LogP contribution >= 0.6 is 7.14 Å². The van der Waals surface area contributed by atoms with Crippen molar-refractivity contribution < 1.29 is 4.57 Å². The van der Waals surface area contributed by atoms with E-state index in [9.17, 15) is 4.57 Å². The fourth-order valence-corrected chi connectivity index (χ4v) is 4.20. The van der Waals surface area contributed by atoms with Gasteiger partial charge in [0.2, 0.25) is 0 Å². The predicted molar refractivity (Wildman–Crippen MR) is 56.9 cm³/mol. The van der Waals surface area contributed by atoms with Crippen molar-refractivity contribution in [3.05, 3.63) is 42.2 Å². The fourth-order valence-electron chi connectivity index (χ4n) is 1.72. The van der Waals surface area contributed by atoms with Crippen molar-refractivity contribution in [1.82, 2.24) is 0 Å². The maximum atomic E-state index is 12.5. The Balaban J connectivity index is 2.47. The number of hydrogen-bond donors (Lipinski definition) is 0. The molecule has 0 aromatic heterocycles. The van der Waals surface area contributed by atoms with E-state index in [4.69, 9.17) is 0 Å². The van der Waals surface area contributed by atoms with Crippen LogP contribution in [0.4, 0.5) is 0 Å². The summed E-state index contributed by atoms with van der Waals surface area (Å²) >= 11 is 0. The molecule has 0 spiro atoms. The second-order valence-electron chi connectivity index (χ2n) is 3.51. The Kier molecular flexibility index (Phi) is 2.13. The molecule has 0 saturated heterocycles. The lowest BCUT2D eigenvalue weighted by Crippen LogP contribution is -2.09. The lowest BCUT2D eigenvalue weighted by Gasteiger charge is -2.15. The van der Waals surface area contributed by atoms with E-state index in [0.29, 0.717) is 0 Å². The Labute approximate surface area is 78.9 Å². The van der Waals surface area contributed by atoms with Gasteiger partial charge in [-0.2, -0.15) is 0 Å². The molecule has 2 unspecified atom stereocenters. The molecule has 68 valence electrons. The second-order valence-corrected chi connectivity index (χ2v) is 6.63. The third kappa shape index (κ3) is 1.38. The fraction of sp³-hybridized carbons (Fsp3) is 0.273. The third-order valence-electron chi connectivity index (χ3n) is 2.62. The maximum absolute atomic E-state index is 12.5. The van der Waals surface area contributed by atoms with Gasteiger partial charge < -0.3 is 4.57 Å². The Hall–Kier alpha value is -0.810. The van der Waals surface area contributed by atoms with E-state index in [2.05, 4.69) is 6.92 Å². The monoisotopic (exact) mass is 192 g/mol. The van der Waals surface area contributed by atoms with Crippen molar-refractivity contribution in [2.45, 2.75) is 19.0 Å². The van der Waals surface area contributed by atoms with Gasteiger partial charge >= 0.3 is 0 Å². The quantitative estimate of drug-likeness (QED) is 0.625. The minimum Gasteiger partial charge on any atom is -0.314 e. The smallest absolute Gasteiger partial charge is 0.139 e. The second kappa shape index (κ2) is 3.16. The number of allylic oxidation sites excluding steroid dienone is 1. The van der Waals surface area contributed by atoms with Gasteiger partial charge in [0.25, 0.3) is 0 Å². The molecule has 0 bridgehead atoms. The summed E-state index contributed by atoms with van der Waals surface area (Å²) in [5.74, 6) is 1.91. The van der Waals surface area contributed by atoms with E-state index >= 15 is 0 Å². The van der Waals surface area contributed by atoms with Crippen LogP contribution in [0, 0.1) is 0 Å². The maximum Gasteiger partial charge on any atom is 0.139 e. The highest BCUT2D eigenvalue weighted by molar-refractivity contribution is 7.75. The van der Waals surface area contributed by atoms with Crippen molar-refractivity contribution >= 4 is 12.4 Å². The van der Waals surface area contributed by atoms with Crippen molar-refractivity contribution in [3.8, 4) is 0 Å². The minimum atomic E-state index is -2.19. The summed E-state index contributed by atoms with van der Waals surface area (Å²) < 4.78 is 12.5. The number of rotatable bonds is 1. The Morgan fingerprint density at radius 2 is 2.00 bits per heavy atom. The molecule has 13 heavy (non-hydrogen) atoms. The Morgan fingerprint density at radius 1 is 1.31 bits per heavy atom. The summed E-state index contributed by atoms with van der Waals surface area (Å²) in [5, 5.41) is 0.997. The molecule has 1 heterocycles. The lowest BCUT2D eigenvalue weighted by atomic mass is 10.3. The van der Waals surface area contributed by atoms with Gasteiger partial charge in [-0.15, -0.1) is 0 Å². The molecule has 1 nitrogen and oxygen atoms in total.